The summed E-state index contributed by atoms with van der Waals surface area (Å²) >= 11 is 0. The predicted octanol–water partition coefficient (Wildman–Crippen LogP) is -1.12. The van der Waals surface area contributed by atoms with Crippen LogP contribution >= 0.6 is 0 Å². The second-order valence-electron chi connectivity index (χ2n) is 0. The van der Waals surface area contributed by atoms with Crippen molar-refractivity contribution in [2.75, 3.05) is 0 Å². The maximum absolute atomic E-state index is 0. The third-order valence-electron chi connectivity index (χ3n) is 0. The SMILES string of the molecule is [Mg+2].[O-2].[O-2].[O-2].[Sn+4]. The monoisotopic (exact) mass is 192 g/mol. The molecular formula is MgO3Sn. The first-order valence-electron chi connectivity index (χ1n) is 0. The van der Waals surface area contributed by atoms with Crippen molar-refractivity contribution in [3.8, 4) is 0 Å². The van der Waals surface area contributed by atoms with E-state index in [0.717, 1.165) is 0 Å². The van der Waals surface area contributed by atoms with E-state index in [0.29, 0.717) is 0 Å². The molecule has 0 N–H and O–H groups in total. The van der Waals surface area contributed by atoms with Gasteiger partial charge in [-0.2, -0.15) is 0 Å². The molecule has 0 rings (SSSR count). The van der Waals surface area contributed by atoms with Crippen LogP contribution in [-0.2, 0) is 16.4 Å². The van der Waals surface area contributed by atoms with E-state index in [9.17, 15) is 0 Å². The van der Waals surface area contributed by atoms with E-state index >= 15 is 0 Å². The van der Waals surface area contributed by atoms with Gasteiger partial charge in [-0.1, -0.05) is 0 Å². The van der Waals surface area contributed by atoms with E-state index in [2.05, 4.69) is 0 Å². The molecule has 0 aliphatic carbocycles. The van der Waals surface area contributed by atoms with E-state index in [-0.39, 0.29) is 63.4 Å². The van der Waals surface area contributed by atoms with Gasteiger partial charge in [0.05, 0.1) is 0 Å². The second kappa shape index (κ2) is 51.5. The summed E-state index contributed by atoms with van der Waals surface area (Å²) in [4.78, 5) is 0. The van der Waals surface area contributed by atoms with Crippen LogP contribution in [-0.4, -0.2) is 47.0 Å². The molecule has 0 heterocycles. The van der Waals surface area contributed by atoms with Gasteiger partial charge in [0.2, 0.25) is 0 Å². The van der Waals surface area contributed by atoms with Crippen LogP contribution in [0, 0.1) is 0 Å². The normalized spacial score (nSPS) is 0. The van der Waals surface area contributed by atoms with Crippen LogP contribution in [0.5, 0.6) is 0 Å². The quantitative estimate of drug-likeness (QED) is 0.434. The van der Waals surface area contributed by atoms with Gasteiger partial charge in [-0.15, -0.1) is 0 Å². The molecule has 0 amide bonds. The van der Waals surface area contributed by atoms with Crippen molar-refractivity contribution in [2.45, 2.75) is 0 Å². The van der Waals surface area contributed by atoms with E-state index in [4.69, 9.17) is 0 Å². The average molecular weight is 191 g/mol. The molecule has 0 aliphatic heterocycles. The largest absolute Gasteiger partial charge is 4.00 e. The van der Waals surface area contributed by atoms with Crippen molar-refractivity contribution < 1.29 is 16.4 Å². The molecule has 5 heteroatoms. The maximum atomic E-state index is 0. The fraction of sp³-hybridized carbons (Fsp3) is 0. The van der Waals surface area contributed by atoms with E-state index in [1.165, 1.54) is 0 Å². The van der Waals surface area contributed by atoms with Crippen molar-refractivity contribution in [3.63, 3.8) is 0 Å². The van der Waals surface area contributed by atoms with Crippen LogP contribution in [0.2, 0.25) is 0 Å². The van der Waals surface area contributed by atoms with Gasteiger partial charge in [0.25, 0.3) is 0 Å². The number of hydrogen-bond acceptors (Lipinski definition) is 0. The van der Waals surface area contributed by atoms with Crippen molar-refractivity contribution in [3.05, 3.63) is 0 Å². The predicted molar refractivity (Wildman–Crippen MR) is 13.6 cm³/mol. The van der Waals surface area contributed by atoms with Crippen LogP contribution in [0.25, 0.3) is 0 Å². The van der Waals surface area contributed by atoms with Gasteiger partial charge >= 0.3 is 47.0 Å². The first kappa shape index (κ1) is 91.5. The van der Waals surface area contributed by atoms with E-state index in [1.54, 1.807) is 0 Å². The Morgan fingerprint density at radius 3 is 0.600 bits per heavy atom. The van der Waals surface area contributed by atoms with Gasteiger partial charge in [0.1, 0.15) is 0 Å². The molecule has 0 atom stereocenters. The second-order valence-corrected chi connectivity index (χ2v) is 0. The summed E-state index contributed by atoms with van der Waals surface area (Å²) in [5.41, 5.74) is 0. The van der Waals surface area contributed by atoms with Crippen LogP contribution in [0.4, 0.5) is 0 Å². The molecule has 0 aromatic heterocycles. The van der Waals surface area contributed by atoms with Crippen LogP contribution in [0.3, 0.4) is 0 Å². The van der Waals surface area contributed by atoms with Gasteiger partial charge in [0, 0.05) is 0 Å². The van der Waals surface area contributed by atoms with Gasteiger partial charge in [-0.3, -0.25) is 0 Å². The molecule has 0 saturated carbocycles. The molecule has 0 aromatic rings. The number of rotatable bonds is 0. The Morgan fingerprint density at radius 1 is 0.600 bits per heavy atom. The molecule has 0 aromatic carbocycles. The zero-order valence-electron chi connectivity index (χ0n) is 2.43. The molecule has 24 valence electrons. The molecule has 0 fully saturated rings. The summed E-state index contributed by atoms with van der Waals surface area (Å²) in [5.74, 6) is 0. The smallest absolute Gasteiger partial charge is 2.00 e. The molecule has 0 aliphatic rings. The zero-order chi connectivity index (χ0) is 0. The Balaban J connectivity index is 0. The summed E-state index contributed by atoms with van der Waals surface area (Å²) in [6, 6.07) is 0. The summed E-state index contributed by atoms with van der Waals surface area (Å²) in [5, 5.41) is 0. The van der Waals surface area contributed by atoms with Crippen LogP contribution in [0.1, 0.15) is 0 Å². The van der Waals surface area contributed by atoms with Crippen molar-refractivity contribution in [1.82, 2.24) is 0 Å². The van der Waals surface area contributed by atoms with Gasteiger partial charge in [0.15, 0.2) is 0 Å². The first-order valence-corrected chi connectivity index (χ1v) is 0. The Labute approximate surface area is 63.2 Å². The molecule has 0 spiro atoms. The molecular weight excluding hydrogens is 191 g/mol. The third-order valence-corrected chi connectivity index (χ3v) is 0. The molecule has 0 radical (unpaired) electrons. The molecule has 0 saturated heterocycles. The Hall–Kier alpha value is 1.44. The van der Waals surface area contributed by atoms with Crippen molar-refractivity contribution in [2.24, 2.45) is 0 Å². The molecule has 5 heavy (non-hydrogen) atoms. The minimum absolute atomic E-state index is 0. The Morgan fingerprint density at radius 2 is 0.600 bits per heavy atom. The van der Waals surface area contributed by atoms with Crippen molar-refractivity contribution >= 4 is 47.0 Å². The zero-order valence-corrected chi connectivity index (χ0v) is 6.70. The summed E-state index contributed by atoms with van der Waals surface area (Å²) in [6.45, 7) is 0. The average Bonchev–Trinajstić information content (AvgIpc) is 0. The molecule has 0 bridgehead atoms. The van der Waals surface area contributed by atoms with Crippen LogP contribution < -0.4 is 0 Å². The first-order chi connectivity index (χ1) is 0. The fourth-order valence-corrected chi connectivity index (χ4v) is 0. The third kappa shape index (κ3) is 30.9. The van der Waals surface area contributed by atoms with Gasteiger partial charge in [-0.25, -0.2) is 0 Å². The standard InChI is InChI=1S/Mg.3O.Sn/q+2;3*-2;+4. The summed E-state index contributed by atoms with van der Waals surface area (Å²) in [7, 11) is 0. The number of hydrogen-bond donors (Lipinski definition) is 0. The molecule has 0 unspecified atom stereocenters. The fourth-order valence-electron chi connectivity index (χ4n) is 0. The van der Waals surface area contributed by atoms with E-state index < -0.39 is 0 Å². The van der Waals surface area contributed by atoms with Gasteiger partial charge in [-0.05, 0) is 0 Å². The summed E-state index contributed by atoms with van der Waals surface area (Å²) in [6.07, 6.45) is 0. The minimum atomic E-state index is 0. The topological polar surface area (TPSA) is 85.5 Å². The molecule has 3 nitrogen and oxygen atoms in total. The Kier molecular flexibility index (Phi) is 943. The van der Waals surface area contributed by atoms with E-state index in [1.807, 2.05) is 0 Å². The van der Waals surface area contributed by atoms with Crippen molar-refractivity contribution in [1.29, 1.82) is 0 Å². The maximum Gasteiger partial charge on any atom is 4.00 e. The Bertz CT molecular complexity index is 6.85. The van der Waals surface area contributed by atoms with Gasteiger partial charge < -0.3 is 16.4 Å². The van der Waals surface area contributed by atoms with Crippen LogP contribution in [0.15, 0.2) is 0 Å². The minimum Gasteiger partial charge on any atom is -2.00 e. The summed E-state index contributed by atoms with van der Waals surface area (Å²) < 4.78 is 0.